The molecular formula is C17H18BrF2N. The summed E-state index contributed by atoms with van der Waals surface area (Å²) in [6.07, 6.45) is 0. The fourth-order valence-corrected chi connectivity index (χ4v) is 2.95. The molecular weight excluding hydrogens is 336 g/mol. The van der Waals surface area contributed by atoms with Crippen molar-refractivity contribution in [3.05, 3.63) is 62.6 Å². The van der Waals surface area contributed by atoms with Gasteiger partial charge in [0.05, 0.1) is 5.69 Å². The maximum atomic E-state index is 13.9. The average Bonchev–Trinajstić information content (AvgIpc) is 2.37. The van der Waals surface area contributed by atoms with Crippen LogP contribution in [0, 0.1) is 32.4 Å². The van der Waals surface area contributed by atoms with Crippen molar-refractivity contribution in [2.45, 2.75) is 33.7 Å². The lowest BCUT2D eigenvalue weighted by Gasteiger charge is -2.20. The number of nitrogens with one attached hydrogen (secondary N) is 1. The lowest BCUT2D eigenvalue weighted by molar-refractivity contribution is 0.582. The van der Waals surface area contributed by atoms with E-state index in [0.717, 1.165) is 17.2 Å². The molecule has 112 valence electrons. The van der Waals surface area contributed by atoms with Crippen molar-refractivity contribution in [1.82, 2.24) is 0 Å². The molecule has 21 heavy (non-hydrogen) atoms. The van der Waals surface area contributed by atoms with Gasteiger partial charge in [-0.1, -0.05) is 12.1 Å². The molecule has 0 fully saturated rings. The van der Waals surface area contributed by atoms with Crippen LogP contribution in [0.4, 0.5) is 14.5 Å². The molecule has 4 heteroatoms. The summed E-state index contributed by atoms with van der Waals surface area (Å²) in [5.41, 5.74) is 4.97. The molecule has 0 aromatic heterocycles. The molecule has 0 amide bonds. The average molecular weight is 354 g/mol. The van der Waals surface area contributed by atoms with E-state index >= 15 is 0 Å². The van der Waals surface area contributed by atoms with Gasteiger partial charge in [0.25, 0.3) is 0 Å². The second kappa shape index (κ2) is 6.14. The second-order valence-electron chi connectivity index (χ2n) is 5.40. The van der Waals surface area contributed by atoms with Crippen molar-refractivity contribution in [1.29, 1.82) is 0 Å². The van der Waals surface area contributed by atoms with E-state index in [2.05, 4.69) is 47.2 Å². The monoisotopic (exact) mass is 353 g/mol. The summed E-state index contributed by atoms with van der Waals surface area (Å²) in [6, 6.07) is 6.29. The van der Waals surface area contributed by atoms with Crippen LogP contribution in [0.2, 0.25) is 0 Å². The van der Waals surface area contributed by atoms with Gasteiger partial charge in [-0.3, -0.25) is 0 Å². The molecule has 0 aliphatic rings. The van der Waals surface area contributed by atoms with Crippen LogP contribution in [0.5, 0.6) is 0 Å². The molecule has 0 aliphatic heterocycles. The summed E-state index contributed by atoms with van der Waals surface area (Å²) < 4.78 is 27.4. The quantitative estimate of drug-likeness (QED) is 0.732. The van der Waals surface area contributed by atoms with E-state index in [1.807, 2.05) is 13.8 Å². The number of rotatable bonds is 3. The normalized spacial score (nSPS) is 12.3. The topological polar surface area (TPSA) is 12.0 Å². The Labute approximate surface area is 132 Å². The largest absolute Gasteiger partial charge is 0.375 e. The third-order valence-corrected chi connectivity index (χ3v) is 4.34. The van der Waals surface area contributed by atoms with Gasteiger partial charge >= 0.3 is 0 Å². The second-order valence-corrected chi connectivity index (χ2v) is 6.26. The minimum atomic E-state index is -0.602. The first kappa shape index (κ1) is 16.0. The SMILES string of the molecule is Cc1cc(C)c(C(C)Nc2c(F)cc(F)cc2Br)cc1C. The maximum Gasteiger partial charge on any atom is 0.150 e. The summed E-state index contributed by atoms with van der Waals surface area (Å²) in [5, 5.41) is 3.12. The van der Waals surface area contributed by atoms with E-state index in [1.165, 1.54) is 17.2 Å². The smallest absolute Gasteiger partial charge is 0.150 e. The molecule has 0 saturated heterocycles. The molecule has 0 radical (unpaired) electrons. The van der Waals surface area contributed by atoms with Crippen LogP contribution in [0.3, 0.4) is 0 Å². The zero-order chi connectivity index (χ0) is 15.7. The fraction of sp³-hybridized carbons (Fsp3) is 0.294. The standard InChI is InChI=1S/C17H18BrF2N/c1-9-5-11(3)14(6-10(9)2)12(4)21-17-15(18)7-13(19)8-16(17)20/h5-8,12,21H,1-4H3. The first-order chi connectivity index (χ1) is 9.79. The Balaban J connectivity index is 2.35. The van der Waals surface area contributed by atoms with Crippen molar-refractivity contribution in [3.63, 3.8) is 0 Å². The molecule has 2 aromatic rings. The predicted octanol–water partition coefficient (Wildman–Crippen LogP) is 5.83. The number of halogens is 3. The number of hydrogen-bond donors (Lipinski definition) is 1. The highest BCUT2D eigenvalue weighted by Gasteiger charge is 2.15. The molecule has 1 unspecified atom stereocenters. The Morgan fingerprint density at radius 3 is 2.19 bits per heavy atom. The predicted molar refractivity (Wildman–Crippen MR) is 86.7 cm³/mol. The van der Waals surface area contributed by atoms with E-state index in [9.17, 15) is 8.78 Å². The van der Waals surface area contributed by atoms with Gasteiger partial charge in [-0.05, 0) is 71.9 Å². The van der Waals surface area contributed by atoms with Gasteiger partial charge in [-0.15, -0.1) is 0 Å². The minimum Gasteiger partial charge on any atom is -0.375 e. The van der Waals surface area contributed by atoms with Crippen LogP contribution < -0.4 is 5.32 Å². The maximum absolute atomic E-state index is 13.9. The molecule has 0 saturated carbocycles. The third kappa shape index (κ3) is 3.43. The number of anilines is 1. The molecule has 1 atom stereocenters. The van der Waals surface area contributed by atoms with Crippen molar-refractivity contribution in [2.75, 3.05) is 5.32 Å². The first-order valence-electron chi connectivity index (χ1n) is 6.78. The van der Waals surface area contributed by atoms with E-state index < -0.39 is 11.6 Å². The van der Waals surface area contributed by atoms with Gasteiger partial charge in [0, 0.05) is 16.6 Å². The third-order valence-electron chi connectivity index (χ3n) is 3.72. The number of hydrogen-bond acceptors (Lipinski definition) is 1. The van der Waals surface area contributed by atoms with Crippen molar-refractivity contribution in [3.8, 4) is 0 Å². The summed E-state index contributed by atoms with van der Waals surface area (Å²) in [6.45, 7) is 8.13. The first-order valence-corrected chi connectivity index (χ1v) is 7.57. The van der Waals surface area contributed by atoms with Crippen molar-refractivity contribution in [2.24, 2.45) is 0 Å². The molecule has 0 bridgehead atoms. The van der Waals surface area contributed by atoms with E-state index in [4.69, 9.17) is 0 Å². The molecule has 0 heterocycles. The van der Waals surface area contributed by atoms with Crippen LogP contribution >= 0.6 is 15.9 Å². The lowest BCUT2D eigenvalue weighted by atomic mass is 9.96. The van der Waals surface area contributed by atoms with Gasteiger partial charge < -0.3 is 5.32 Å². The number of aryl methyl sites for hydroxylation is 3. The van der Waals surface area contributed by atoms with Crippen LogP contribution in [-0.2, 0) is 0 Å². The minimum absolute atomic E-state index is 0.0828. The van der Waals surface area contributed by atoms with Gasteiger partial charge in [0.2, 0.25) is 0 Å². The Morgan fingerprint density at radius 2 is 1.57 bits per heavy atom. The summed E-state index contributed by atoms with van der Waals surface area (Å²) >= 11 is 3.20. The Kier molecular flexibility index (Phi) is 4.67. The fourth-order valence-electron chi connectivity index (χ4n) is 2.42. The summed E-state index contributed by atoms with van der Waals surface area (Å²) in [5.74, 6) is -1.20. The van der Waals surface area contributed by atoms with Gasteiger partial charge in [-0.25, -0.2) is 8.78 Å². The molecule has 2 aromatic carbocycles. The number of benzene rings is 2. The Hall–Kier alpha value is -1.42. The van der Waals surface area contributed by atoms with Crippen LogP contribution in [0.1, 0.15) is 35.2 Å². The Bertz CT molecular complexity index is 660. The van der Waals surface area contributed by atoms with E-state index in [0.29, 0.717) is 4.47 Å². The summed E-state index contributed by atoms with van der Waals surface area (Å²) in [4.78, 5) is 0. The highest BCUT2D eigenvalue weighted by molar-refractivity contribution is 9.10. The molecule has 2 rings (SSSR count). The molecule has 0 aliphatic carbocycles. The van der Waals surface area contributed by atoms with Crippen LogP contribution in [0.25, 0.3) is 0 Å². The van der Waals surface area contributed by atoms with Gasteiger partial charge in [0.1, 0.15) is 11.6 Å². The molecule has 0 spiro atoms. The lowest BCUT2D eigenvalue weighted by Crippen LogP contribution is -2.11. The van der Waals surface area contributed by atoms with Crippen LogP contribution in [-0.4, -0.2) is 0 Å². The highest BCUT2D eigenvalue weighted by atomic mass is 79.9. The highest BCUT2D eigenvalue weighted by Crippen LogP contribution is 2.31. The zero-order valence-electron chi connectivity index (χ0n) is 12.5. The molecule has 1 nitrogen and oxygen atoms in total. The van der Waals surface area contributed by atoms with E-state index in [1.54, 1.807) is 0 Å². The zero-order valence-corrected chi connectivity index (χ0v) is 14.1. The Morgan fingerprint density at radius 1 is 0.952 bits per heavy atom. The van der Waals surface area contributed by atoms with Gasteiger partial charge in [0.15, 0.2) is 0 Å². The van der Waals surface area contributed by atoms with E-state index in [-0.39, 0.29) is 11.7 Å². The molecule has 1 N–H and O–H groups in total. The van der Waals surface area contributed by atoms with Crippen LogP contribution in [0.15, 0.2) is 28.7 Å². The van der Waals surface area contributed by atoms with Crippen molar-refractivity contribution < 1.29 is 8.78 Å². The van der Waals surface area contributed by atoms with Crippen molar-refractivity contribution >= 4 is 21.6 Å². The van der Waals surface area contributed by atoms with Gasteiger partial charge in [-0.2, -0.15) is 0 Å². The summed E-state index contributed by atoms with van der Waals surface area (Å²) in [7, 11) is 0.